The monoisotopic (exact) mass is 315 g/mol. The van der Waals surface area contributed by atoms with Gasteiger partial charge in [-0.05, 0) is 31.0 Å². The summed E-state index contributed by atoms with van der Waals surface area (Å²) in [6, 6.07) is 7.54. The Kier molecular flexibility index (Phi) is 4.60. The number of likely N-dealkylation sites (tertiary alicyclic amines) is 1. The van der Waals surface area contributed by atoms with Crippen molar-refractivity contribution in [2.24, 2.45) is 0 Å². The Morgan fingerprint density at radius 2 is 2.30 bits per heavy atom. The summed E-state index contributed by atoms with van der Waals surface area (Å²) in [5.41, 5.74) is 0.834. The van der Waals surface area contributed by atoms with Crippen LogP contribution in [-0.4, -0.2) is 41.2 Å². The van der Waals surface area contributed by atoms with E-state index in [1.165, 1.54) is 0 Å². The quantitative estimate of drug-likeness (QED) is 0.868. The predicted molar refractivity (Wildman–Crippen MR) is 85.1 cm³/mol. The number of nitrogens with zero attached hydrogens (tertiary/aromatic N) is 3. The first-order chi connectivity index (χ1) is 11.2. The molecule has 0 spiro atoms. The first-order valence-electron chi connectivity index (χ1n) is 7.97. The molecule has 122 valence electrons. The van der Waals surface area contributed by atoms with Crippen molar-refractivity contribution in [3.05, 3.63) is 30.2 Å². The minimum absolute atomic E-state index is 0.117. The summed E-state index contributed by atoms with van der Waals surface area (Å²) in [6.07, 6.45) is 2.46. The molecule has 0 aliphatic carbocycles. The molecule has 1 fully saturated rings. The lowest BCUT2D eigenvalue weighted by Gasteiger charge is -2.30. The number of rotatable bonds is 4. The fourth-order valence-electron chi connectivity index (χ4n) is 2.90. The fraction of sp³-hybridized carbons (Fsp3) is 0.471. The van der Waals surface area contributed by atoms with Gasteiger partial charge in [0.2, 0.25) is 17.7 Å². The largest absolute Gasteiger partial charge is 0.497 e. The zero-order valence-corrected chi connectivity index (χ0v) is 13.5. The minimum atomic E-state index is 0.117. The Morgan fingerprint density at radius 3 is 3.09 bits per heavy atom. The van der Waals surface area contributed by atoms with Crippen LogP contribution in [0, 0.1) is 0 Å². The molecular weight excluding hydrogens is 294 g/mol. The number of hydrogen-bond donors (Lipinski definition) is 0. The molecule has 0 radical (unpaired) electrons. The first-order valence-corrected chi connectivity index (χ1v) is 7.97. The van der Waals surface area contributed by atoms with E-state index in [4.69, 9.17) is 9.15 Å². The van der Waals surface area contributed by atoms with Gasteiger partial charge in [-0.25, -0.2) is 0 Å². The summed E-state index contributed by atoms with van der Waals surface area (Å²) in [5, 5.41) is 8.35. The molecule has 6 nitrogen and oxygen atoms in total. The van der Waals surface area contributed by atoms with Crippen molar-refractivity contribution < 1.29 is 13.9 Å². The van der Waals surface area contributed by atoms with E-state index >= 15 is 0 Å². The number of aromatic nitrogens is 2. The van der Waals surface area contributed by atoms with Gasteiger partial charge in [0, 0.05) is 25.1 Å². The Morgan fingerprint density at radius 1 is 1.43 bits per heavy atom. The first kappa shape index (κ1) is 15.5. The summed E-state index contributed by atoms with van der Waals surface area (Å²) < 4.78 is 11.1. The summed E-state index contributed by atoms with van der Waals surface area (Å²) in [6.45, 7) is 3.37. The maximum absolute atomic E-state index is 11.9. The van der Waals surface area contributed by atoms with E-state index in [0.29, 0.717) is 24.7 Å². The molecule has 1 aliphatic rings. The van der Waals surface area contributed by atoms with E-state index in [9.17, 15) is 4.79 Å². The highest BCUT2D eigenvalue weighted by Crippen LogP contribution is 2.29. The second kappa shape index (κ2) is 6.81. The fourth-order valence-corrected chi connectivity index (χ4v) is 2.90. The lowest BCUT2D eigenvalue weighted by Crippen LogP contribution is -2.38. The lowest BCUT2D eigenvalue weighted by atomic mass is 9.98. The number of amides is 1. The summed E-state index contributed by atoms with van der Waals surface area (Å²) in [7, 11) is 1.62. The molecule has 1 aromatic heterocycles. The van der Waals surface area contributed by atoms with Crippen molar-refractivity contribution >= 4 is 5.91 Å². The van der Waals surface area contributed by atoms with Gasteiger partial charge in [0.25, 0.3) is 0 Å². The number of benzene rings is 1. The molecule has 23 heavy (non-hydrogen) atoms. The van der Waals surface area contributed by atoms with Gasteiger partial charge < -0.3 is 14.1 Å². The summed E-state index contributed by atoms with van der Waals surface area (Å²) >= 11 is 0. The maximum atomic E-state index is 11.9. The summed E-state index contributed by atoms with van der Waals surface area (Å²) in [5.74, 6) is 2.14. The molecule has 0 saturated carbocycles. The highest BCUT2D eigenvalue weighted by atomic mass is 16.5. The molecule has 1 aromatic carbocycles. The van der Waals surface area contributed by atoms with Crippen molar-refractivity contribution in [1.29, 1.82) is 0 Å². The Bertz CT molecular complexity index is 683. The van der Waals surface area contributed by atoms with Crippen LogP contribution in [0.1, 0.15) is 38.0 Å². The van der Waals surface area contributed by atoms with Gasteiger partial charge in [-0.2, -0.15) is 0 Å². The highest BCUT2D eigenvalue weighted by molar-refractivity contribution is 5.76. The molecule has 0 bridgehead atoms. The molecule has 2 heterocycles. The van der Waals surface area contributed by atoms with E-state index in [0.717, 1.165) is 30.7 Å². The van der Waals surface area contributed by atoms with Gasteiger partial charge in [-0.3, -0.25) is 4.79 Å². The number of carbonyl (C=O) groups is 1. The van der Waals surface area contributed by atoms with E-state index in [1.807, 2.05) is 36.1 Å². The third-order valence-corrected chi connectivity index (χ3v) is 4.18. The molecule has 3 rings (SSSR count). The zero-order valence-electron chi connectivity index (χ0n) is 13.5. The molecule has 1 amide bonds. The number of carbonyl (C=O) groups excluding carboxylic acids is 1. The highest BCUT2D eigenvalue weighted by Gasteiger charge is 2.27. The predicted octanol–water partition coefficient (Wildman–Crippen LogP) is 2.86. The Labute approximate surface area is 135 Å². The average Bonchev–Trinajstić information content (AvgIpc) is 3.11. The van der Waals surface area contributed by atoms with Crippen LogP contribution in [-0.2, 0) is 4.79 Å². The normalized spacial score (nSPS) is 18.0. The molecule has 0 N–H and O–H groups in total. The van der Waals surface area contributed by atoms with Crippen LogP contribution in [0.3, 0.4) is 0 Å². The molecule has 2 aromatic rings. The van der Waals surface area contributed by atoms with Crippen molar-refractivity contribution in [1.82, 2.24) is 15.1 Å². The average molecular weight is 315 g/mol. The van der Waals surface area contributed by atoms with Gasteiger partial charge in [0.1, 0.15) is 5.75 Å². The zero-order chi connectivity index (χ0) is 16.2. The van der Waals surface area contributed by atoms with Crippen LogP contribution >= 0.6 is 0 Å². The van der Waals surface area contributed by atoms with Crippen molar-refractivity contribution in [2.75, 3.05) is 20.2 Å². The van der Waals surface area contributed by atoms with E-state index in [-0.39, 0.29) is 11.8 Å². The van der Waals surface area contributed by atoms with Crippen LogP contribution in [0.25, 0.3) is 11.5 Å². The van der Waals surface area contributed by atoms with Crippen LogP contribution in [0.2, 0.25) is 0 Å². The van der Waals surface area contributed by atoms with Crippen LogP contribution < -0.4 is 4.74 Å². The third kappa shape index (κ3) is 3.36. The number of piperidine rings is 1. The SMILES string of the molecule is CCC(=O)N1CCC[C@H](c2nnc(-c3cccc(OC)c3)o2)C1. The molecule has 0 unspecified atom stereocenters. The van der Waals surface area contributed by atoms with Crippen molar-refractivity contribution in [3.8, 4) is 17.2 Å². The number of ether oxygens (including phenoxy) is 1. The molecule has 1 aliphatic heterocycles. The van der Waals surface area contributed by atoms with Gasteiger partial charge in [0.15, 0.2) is 0 Å². The van der Waals surface area contributed by atoms with Crippen LogP contribution in [0.5, 0.6) is 5.75 Å². The van der Waals surface area contributed by atoms with Gasteiger partial charge in [-0.15, -0.1) is 10.2 Å². The smallest absolute Gasteiger partial charge is 0.247 e. The molecule has 6 heteroatoms. The van der Waals surface area contributed by atoms with Crippen LogP contribution in [0.15, 0.2) is 28.7 Å². The van der Waals surface area contributed by atoms with E-state index < -0.39 is 0 Å². The van der Waals surface area contributed by atoms with Crippen molar-refractivity contribution in [2.45, 2.75) is 32.1 Å². The van der Waals surface area contributed by atoms with Gasteiger partial charge in [0.05, 0.1) is 13.0 Å². The van der Waals surface area contributed by atoms with Crippen molar-refractivity contribution in [3.63, 3.8) is 0 Å². The minimum Gasteiger partial charge on any atom is -0.497 e. The topological polar surface area (TPSA) is 68.5 Å². The Hall–Kier alpha value is -2.37. The van der Waals surface area contributed by atoms with Gasteiger partial charge >= 0.3 is 0 Å². The second-order valence-electron chi connectivity index (χ2n) is 5.71. The Balaban J connectivity index is 1.77. The van der Waals surface area contributed by atoms with Gasteiger partial charge in [-0.1, -0.05) is 13.0 Å². The summed E-state index contributed by atoms with van der Waals surface area (Å²) in [4.78, 5) is 13.8. The standard InChI is InChI=1S/C17H21N3O3/c1-3-15(21)20-9-5-7-13(11-20)17-19-18-16(23-17)12-6-4-8-14(10-12)22-2/h4,6,8,10,13H,3,5,7,9,11H2,1-2H3/t13-/m0/s1. The number of hydrogen-bond acceptors (Lipinski definition) is 5. The van der Waals surface area contributed by atoms with E-state index in [2.05, 4.69) is 10.2 Å². The molecule has 1 atom stereocenters. The molecular formula is C17H21N3O3. The third-order valence-electron chi connectivity index (χ3n) is 4.18. The lowest BCUT2D eigenvalue weighted by molar-refractivity contribution is -0.132. The molecule has 1 saturated heterocycles. The van der Waals surface area contributed by atoms with Crippen LogP contribution in [0.4, 0.5) is 0 Å². The maximum Gasteiger partial charge on any atom is 0.247 e. The van der Waals surface area contributed by atoms with E-state index in [1.54, 1.807) is 7.11 Å². The second-order valence-corrected chi connectivity index (χ2v) is 5.71. The number of methoxy groups -OCH3 is 1.